The third-order valence-corrected chi connectivity index (χ3v) is 6.01. The van der Waals surface area contributed by atoms with Crippen LogP contribution in [0.2, 0.25) is 0 Å². The van der Waals surface area contributed by atoms with Crippen LogP contribution < -0.4 is 0 Å². The minimum atomic E-state index is -4.31. The standard InChI is InChI=1S/C24H18F5NS/c1-14-13-21(22-19(25)3-2-4-20(22)26)30-23(14)17-7-5-15(6-8-17)16-9-11-18(12-10-16)31-24(27,28)29/h2-12,14,23H,13H2,1H3. The van der Waals surface area contributed by atoms with E-state index in [-0.39, 0.29) is 34.2 Å². The van der Waals surface area contributed by atoms with Gasteiger partial charge in [-0.2, -0.15) is 13.2 Å². The lowest BCUT2D eigenvalue weighted by atomic mass is 9.92. The van der Waals surface area contributed by atoms with Crippen LogP contribution in [-0.2, 0) is 0 Å². The summed E-state index contributed by atoms with van der Waals surface area (Å²) >= 11 is -0.144. The molecule has 0 saturated carbocycles. The number of thioether (sulfide) groups is 1. The van der Waals surface area contributed by atoms with Crippen LogP contribution in [-0.4, -0.2) is 11.2 Å². The second-order valence-corrected chi connectivity index (χ2v) is 8.63. The molecule has 0 fully saturated rings. The Morgan fingerprint density at radius 3 is 1.94 bits per heavy atom. The second-order valence-electron chi connectivity index (χ2n) is 7.49. The van der Waals surface area contributed by atoms with E-state index in [1.165, 1.54) is 30.3 Å². The van der Waals surface area contributed by atoms with E-state index >= 15 is 0 Å². The summed E-state index contributed by atoms with van der Waals surface area (Å²) in [5, 5.41) is 0. The Morgan fingerprint density at radius 2 is 1.39 bits per heavy atom. The molecule has 4 rings (SSSR count). The van der Waals surface area contributed by atoms with Crippen LogP contribution in [0.15, 0.2) is 76.6 Å². The van der Waals surface area contributed by atoms with E-state index in [9.17, 15) is 22.0 Å². The summed E-state index contributed by atoms with van der Waals surface area (Å²) in [6.07, 6.45) is 0.475. The third-order valence-electron chi connectivity index (χ3n) is 5.27. The molecular weight excluding hydrogens is 429 g/mol. The molecule has 31 heavy (non-hydrogen) atoms. The van der Waals surface area contributed by atoms with Gasteiger partial charge in [-0.3, -0.25) is 4.99 Å². The van der Waals surface area contributed by atoms with Crippen LogP contribution in [0.1, 0.15) is 30.5 Å². The quantitative estimate of drug-likeness (QED) is 0.293. The molecule has 1 nitrogen and oxygen atoms in total. The summed E-state index contributed by atoms with van der Waals surface area (Å²) < 4.78 is 65.7. The van der Waals surface area contributed by atoms with Gasteiger partial charge in [0.2, 0.25) is 0 Å². The molecule has 0 aromatic heterocycles. The first kappa shape index (κ1) is 21.6. The zero-order valence-electron chi connectivity index (χ0n) is 16.5. The summed E-state index contributed by atoms with van der Waals surface area (Å²) in [7, 11) is 0. The average molecular weight is 447 g/mol. The highest BCUT2D eigenvalue weighted by Crippen LogP contribution is 2.39. The van der Waals surface area contributed by atoms with Gasteiger partial charge in [-0.05, 0) is 65.1 Å². The Bertz CT molecular complexity index is 1080. The molecule has 0 bridgehead atoms. The smallest absolute Gasteiger partial charge is 0.281 e. The molecule has 0 saturated heterocycles. The number of benzene rings is 3. The van der Waals surface area contributed by atoms with Gasteiger partial charge in [-0.1, -0.05) is 49.4 Å². The van der Waals surface area contributed by atoms with E-state index in [4.69, 9.17) is 0 Å². The SMILES string of the molecule is CC1CC(c2c(F)cccc2F)=NC1c1ccc(-c2ccc(SC(F)(F)F)cc2)cc1. The molecule has 2 unspecified atom stereocenters. The molecule has 160 valence electrons. The minimum absolute atomic E-state index is 0.0645. The van der Waals surface area contributed by atoms with Crippen molar-refractivity contribution in [3.8, 4) is 11.1 Å². The Hall–Kier alpha value is -2.67. The van der Waals surface area contributed by atoms with Crippen molar-refractivity contribution >= 4 is 17.5 Å². The van der Waals surface area contributed by atoms with E-state index < -0.39 is 17.1 Å². The van der Waals surface area contributed by atoms with Crippen molar-refractivity contribution in [2.75, 3.05) is 0 Å². The van der Waals surface area contributed by atoms with Gasteiger partial charge in [-0.25, -0.2) is 8.78 Å². The second kappa shape index (κ2) is 8.46. The van der Waals surface area contributed by atoms with Crippen LogP contribution in [0.3, 0.4) is 0 Å². The van der Waals surface area contributed by atoms with Gasteiger partial charge in [-0.15, -0.1) is 0 Å². The van der Waals surface area contributed by atoms with Crippen LogP contribution in [0.5, 0.6) is 0 Å². The first-order chi connectivity index (χ1) is 14.7. The Morgan fingerprint density at radius 1 is 0.839 bits per heavy atom. The van der Waals surface area contributed by atoms with Crippen molar-refractivity contribution in [3.05, 3.63) is 89.5 Å². The Balaban J connectivity index is 1.55. The zero-order chi connectivity index (χ0) is 22.2. The molecule has 3 aromatic rings. The molecular formula is C24H18F5NS. The lowest BCUT2D eigenvalue weighted by Gasteiger charge is -2.14. The number of aliphatic imine (C=N–C) groups is 1. The molecule has 3 aromatic carbocycles. The monoisotopic (exact) mass is 447 g/mol. The summed E-state index contributed by atoms with van der Waals surface area (Å²) in [6.45, 7) is 1.99. The lowest BCUT2D eigenvalue weighted by Crippen LogP contribution is -2.06. The summed E-state index contributed by atoms with van der Waals surface area (Å²) in [4.78, 5) is 4.74. The number of hydrogen-bond acceptors (Lipinski definition) is 2. The number of halogens is 5. The molecule has 0 spiro atoms. The predicted molar refractivity (Wildman–Crippen MR) is 113 cm³/mol. The van der Waals surface area contributed by atoms with Crippen LogP contribution >= 0.6 is 11.8 Å². The van der Waals surface area contributed by atoms with Crippen molar-refractivity contribution in [1.29, 1.82) is 0 Å². The molecule has 0 aliphatic carbocycles. The van der Waals surface area contributed by atoms with Gasteiger partial charge in [0.1, 0.15) is 11.6 Å². The molecule has 0 amide bonds. The van der Waals surface area contributed by atoms with E-state index in [1.54, 1.807) is 12.1 Å². The van der Waals surface area contributed by atoms with Crippen molar-refractivity contribution in [3.63, 3.8) is 0 Å². The van der Waals surface area contributed by atoms with Gasteiger partial charge in [0.15, 0.2) is 0 Å². The van der Waals surface area contributed by atoms with E-state index in [0.717, 1.165) is 16.7 Å². The third kappa shape index (κ3) is 4.82. The van der Waals surface area contributed by atoms with E-state index in [2.05, 4.69) is 4.99 Å². The fourth-order valence-corrected chi connectivity index (χ4v) is 4.37. The summed E-state index contributed by atoms with van der Waals surface area (Å²) in [6, 6.07) is 17.3. The first-order valence-corrected chi connectivity index (χ1v) is 10.5. The largest absolute Gasteiger partial charge is 0.446 e. The Labute approximate surface area is 181 Å². The van der Waals surface area contributed by atoms with E-state index in [0.29, 0.717) is 12.1 Å². The normalized spacial score (nSPS) is 18.8. The fourth-order valence-electron chi connectivity index (χ4n) is 3.83. The number of nitrogens with zero attached hydrogens (tertiary/aromatic N) is 1. The van der Waals surface area contributed by atoms with Crippen molar-refractivity contribution in [1.82, 2.24) is 0 Å². The van der Waals surface area contributed by atoms with Crippen molar-refractivity contribution in [2.24, 2.45) is 10.9 Å². The highest BCUT2D eigenvalue weighted by molar-refractivity contribution is 8.00. The van der Waals surface area contributed by atoms with Gasteiger partial charge >= 0.3 is 5.51 Å². The van der Waals surface area contributed by atoms with E-state index in [1.807, 2.05) is 31.2 Å². The van der Waals surface area contributed by atoms with Gasteiger partial charge in [0.05, 0.1) is 11.6 Å². The van der Waals surface area contributed by atoms with Crippen LogP contribution in [0.25, 0.3) is 11.1 Å². The predicted octanol–water partition coefficient (Wildman–Crippen LogP) is 7.81. The molecule has 0 radical (unpaired) electrons. The molecule has 7 heteroatoms. The van der Waals surface area contributed by atoms with Crippen LogP contribution in [0.4, 0.5) is 22.0 Å². The van der Waals surface area contributed by atoms with Gasteiger partial charge in [0, 0.05) is 10.6 Å². The van der Waals surface area contributed by atoms with Gasteiger partial charge in [0.25, 0.3) is 0 Å². The summed E-state index contributed by atoms with van der Waals surface area (Å²) in [5.74, 6) is -1.15. The molecule has 2 atom stereocenters. The maximum Gasteiger partial charge on any atom is 0.446 e. The highest BCUT2D eigenvalue weighted by Gasteiger charge is 2.30. The van der Waals surface area contributed by atoms with Gasteiger partial charge < -0.3 is 0 Å². The molecule has 1 heterocycles. The topological polar surface area (TPSA) is 12.4 Å². The van der Waals surface area contributed by atoms with Crippen LogP contribution in [0, 0.1) is 17.6 Å². The first-order valence-electron chi connectivity index (χ1n) is 9.68. The highest BCUT2D eigenvalue weighted by atomic mass is 32.2. The minimum Gasteiger partial charge on any atom is -0.281 e. The average Bonchev–Trinajstić information content (AvgIpc) is 3.08. The molecule has 1 aliphatic rings. The maximum atomic E-state index is 14.1. The Kier molecular flexibility index (Phi) is 5.88. The molecule has 0 N–H and O–H groups in total. The number of rotatable bonds is 4. The van der Waals surface area contributed by atoms with Crippen molar-refractivity contribution in [2.45, 2.75) is 29.8 Å². The number of hydrogen-bond donors (Lipinski definition) is 0. The molecule has 1 aliphatic heterocycles. The van der Waals surface area contributed by atoms with Crippen molar-refractivity contribution < 1.29 is 22.0 Å². The zero-order valence-corrected chi connectivity index (χ0v) is 17.3. The number of alkyl halides is 3. The summed E-state index contributed by atoms with van der Waals surface area (Å²) in [5.41, 5.74) is -1.36. The fraction of sp³-hybridized carbons (Fsp3) is 0.208. The maximum absolute atomic E-state index is 14.1. The lowest BCUT2D eigenvalue weighted by molar-refractivity contribution is -0.0328.